The normalized spacial score (nSPS) is 10.6. The number of nitrogens with one attached hydrogen (secondary N) is 2. The first-order chi connectivity index (χ1) is 10.3. The highest BCUT2D eigenvalue weighted by molar-refractivity contribution is 5.41. The predicted molar refractivity (Wildman–Crippen MR) is 92.0 cm³/mol. The number of aromatic nitrogens is 2. The van der Waals surface area contributed by atoms with Gasteiger partial charge in [0, 0.05) is 24.8 Å². The van der Waals surface area contributed by atoms with Crippen LogP contribution in [0, 0.1) is 6.92 Å². The third-order valence-corrected chi connectivity index (χ3v) is 3.53. The Labute approximate surface area is 130 Å². The predicted octanol–water partition coefficient (Wildman–Crippen LogP) is 4.77. The van der Waals surface area contributed by atoms with Gasteiger partial charge in [0.25, 0.3) is 0 Å². The highest BCUT2D eigenvalue weighted by Gasteiger charge is 2.00. The molecule has 4 heteroatoms. The Bertz CT molecular complexity index is 379. The first-order valence-electron chi connectivity index (χ1n) is 8.59. The van der Waals surface area contributed by atoms with E-state index in [1.807, 2.05) is 13.0 Å². The molecule has 1 heterocycles. The van der Waals surface area contributed by atoms with Crippen molar-refractivity contribution in [2.24, 2.45) is 0 Å². The molecule has 0 aliphatic carbocycles. The van der Waals surface area contributed by atoms with Crippen molar-refractivity contribution in [1.29, 1.82) is 0 Å². The average Bonchev–Trinajstić information content (AvgIpc) is 2.45. The van der Waals surface area contributed by atoms with E-state index in [9.17, 15) is 0 Å². The van der Waals surface area contributed by atoms with E-state index in [0.29, 0.717) is 0 Å². The van der Waals surface area contributed by atoms with E-state index in [1.165, 1.54) is 51.4 Å². The van der Waals surface area contributed by atoms with E-state index in [2.05, 4.69) is 34.4 Å². The van der Waals surface area contributed by atoms with Gasteiger partial charge in [0.05, 0.1) is 0 Å². The maximum atomic E-state index is 4.46. The molecule has 0 radical (unpaired) electrons. The topological polar surface area (TPSA) is 49.8 Å². The molecule has 0 saturated heterocycles. The lowest BCUT2D eigenvalue weighted by Crippen LogP contribution is -2.08. The maximum absolute atomic E-state index is 4.46. The van der Waals surface area contributed by atoms with E-state index < -0.39 is 0 Å². The van der Waals surface area contributed by atoms with Gasteiger partial charge < -0.3 is 10.6 Å². The van der Waals surface area contributed by atoms with Gasteiger partial charge in [0.15, 0.2) is 0 Å². The number of rotatable bonds is 12. The number of unbranched alkanes of at least 4 members (excludes halogenated alkanes) is 7. The van der Waals surface area contributed by atoms with Gasteiger partial charge >= 0.3 is 0 Å². The Kier molecular flexibility index (Phi) is 9.58. The van der Waals surface area contributed by atoms with Gasteiger partial charge in [-0.25, -0.2) is 4.98 Å². The summed E-state index contributed by atoms with van der Waals surface area (Å²) in [6.07, 6.45) is 10.8. The van der Waals surface area contributed by atoms with Crippen molar-refractivity contribution in [3.05, 3.63) is 11.8 Å². The monoisotopic (exact) mass is 292 g/mol. The number of nitrogens with zero attached hydrogens (tertiary/aromatic N) is 2. The molecule has 0 atom stereocenters. The second-order valence-corrected chi connectivity index (χ2v) is 5.65. The van der Waals surface area contributed by atoms with Crippen LogP contribution in [0.4, 0.5) is 11.8 Å². The molecule has 0 aromatic carbocycles. The number of aryl methyl sites for hydroxylation is 1. The standard InChI is InChI=1S/C17H32N4/c1-4-6-7-8-9-10-11-12-13-19-16-14-15(3)20-17(21-16)18-5-2/h14H,4-13H2,1-3H3,(H2,18,19,20,21). The van der Waals surface area contributed by atoms with Crippen LogP contribution in [0.15, 0.2) is 6.07 Å². The van der Waals surface area contributed by atoms with Gasteiger partial charge in [-0.3, -0.25) is 0 Å². The molecule has 21 heavy (non-hydrogen) atoms. The molecule has 0 bridgehead atoms. The zero-order valence-electron chi connectivity index (χ0n) is 14.0. The van der Waals surface area contributed by atoms with E-state index in [4.69, 9.17) is 0 Å². The summed E-state index contributed by atoms with van der Waals surface area (Å²) in [4.78, 5) is 8.81. The lowest BCUT2D eigenvalue weighted by molar-refractivity contribution is 0.581. The van der Waals surface area contributed by atoms with Crippen LogP contribution in [0.3, 0.4) is 0 Å². The highest BCUT2D eigenvalue weighted by atomic mass is 15.1. The second-order valence-electron chi connectivity index (χ2n) is 5.65. The van der Waals surface area contributed by atoms with Crippen molar-refractivity contribution < 1.29 is 0 Å². The second kappa shape index (κ2) is 11.4. The van der Waals surface area contributed by atoms with Crippen LogP contribution in [-0.2, 0) is 0 Å². The summed E-state index contributed by atoms with van der Waals surface area (Å²) in [7, 11) is 0. The van der Waals surface area contributed by atoms with Gasteiger partial charge in [-0.05, 0) is 20.3 Å². The number of hydrogen-bond donors (Lipinski definition) is 2. The molecule has 1 aromatic rings. The van der Waals surface area contributed by atoms with Gasteiger partial charge in [-0.15, -0.1) is 0 Å². The Hall–Kier alpha value is -1.32. The Balaban J connectivity index is 2.12. The summed E-state index contributed by atoms with van der Waals surface area (Å²) < 4.78 is 0. The largest absolute Gasteiger partial charge is 0.370 e. The summed E-state index contributed by atoms with van der Waals surface area (Å²) in [5, 5.41) is 6.57. The molecule has 0 spiro atoms. The Morgan fingerprint density at radius 1 is 0.857 bits per heavy atom. The molecular formula is C17H32N4. The average molecular weight is 292 g/mol. The fraction of sp³-hybridized carbons (Fsp3) is 0.765. The molecular weight excluding hydrogens is 260 g/mol. The summed E-state index contributed by atoms with van der Waals surface area (Å²) in [6.45, 7) is 8.17. The fourth-order valence-corrected chi connectivity index (χ4v) is 2.37. The molecule has 0 aliphatic rings. The molecule has 0 aliphatic heterocycles. The van der Waals surface area contributed by atoms with E-state index in [-0.39, 0.29) is 0 Å². The molecule has 4 nitrogen and oxygen atoms in total. The smallest absolute Gasteiger partial charge is 0.224 e. The van der Waals surface area contributed by atoms with Crippen molar-refractivity contribution in [3.8, 4) is 0 Å². The zero-order chi connectivity index (χ0) is 15.3. The Morgan fingerprint density at radius 2 is 1.52 bits per heavy atom. The van der Waals surface area contributed by atoms with Crippen LogP contribution in [0.1, 0.15) is 70.9 Å². The molecule has 2 N–H and O–H groups in total. The van der Waals surface area contributed by atoms with E-state index >= 15 is 0 Å². The molecule has 1 rings (SSSR count). The number of hydrogen-bond acceptors (Lipinski definition) is 4. The van der Waals surface area contributed by atoms with Gasteiger partial charge in [-0.1, -0.05) is 51.9 Å². The lowest BCUT2D eigenvalue weighted by atomic mass is 10.1. The molecule has 1 aromatic heterocycles. The SMILES string of the molecule is CCCCCCCCCCNc1cc(C)nc(NCC)n1. The Morgan fingerprint density at radius 3 is 2.19 bits per heavy atom. The molecule has 0 fully saturated rings. The quantitative estimate of drug-likeness (QED) is 0.545. The number of anilines is 2. The van der Waals surface area contributed by atoms with E-state index in [1.54, 1.807) is 0 Å². The lowest BCUT2D eigenvalue weighted by Gasteiger charge is -2.09. The third-order valence-electron chi connectivity index (χ3n) is 3.53. The third kappa shape index (κ3) is 8.53. The summed E-state index contributed by atoms with van der Waals surface area (Å²) in [5.41, 5.74) is 0.999. The maximum Gasteiger partial charge on any atom is 0.224 e. The zero-order valence-corrected chi connectivity index (χ0v) is 14.0. The van der Waals surface area contributed by atoms with Gasteiger partial charge in [-0.2, -0.15) is 4.98 Å². The van der Waals surface area contributed by atoms with Gasteiger partial charge in [0.2, 0.25) is 5.95 Å². The van der Waals surface area contributed by atoms with Crippen LogP contribution in [0.25, 0.3) is 0 Å². The summed E-state index contributed by atoms with van der Waals surface area (Å²) >= 11 is 0. The first kappa shape index (κ1) is 17.7. The van der Waals surface area contributed by atoms with Crippen molar-refractivity contribution in [3.63, 3.8) is 0 Å². The van der Waals surface area contributed by atoms with Crippen molar-refractivity contribution >= 4 is 11.8 Å². The fourth-order valence-electron chi connectivity index (χ4n) is 2.37. The van der Waals surface area contributed by atoms with Gasteiger partial charge in [0.1, 0.15) is 5.82 Å². The molecule has 0 unspecified atom stereocenters. The minimum absolute atomic E-state index is 0.718. The van der Waals surface area contributed by atoms with Crippen LogP contribution in [0.5, 0.6) is 0 Å². The minimum Gasteiger partial charge on any atom is -0.370 e. The molecule has 120 valence electrons. The molecule has 0 amide bonds. The van der Waals surface area contributed by atoms with Crippen molar-refractivity contribution in [1.82, 2.24) is 9.97 Å². The van der Waals surface area contributed by atoms with E-state index in [0.717, 1.165) is 30.5 Å². The van der Waals surface area contributed by atoms with Crippen LogP contribution in [0.2, 0.25) is 0 Å². The van der Waals surface area contributed by atoms with Crippen molar-refractivity contribution in [2.75, 3.05) is 23.7 Å². The highest BCUT2D eigenvalue weighted by Crippen LogP contribution is 2.11. The van der Waals surface area contributed by atoms with Crippen LogP contribution >= 0.6 is 0 Å². The van der Waals surface area contributed by atoms with Crippen LogP contribution < -0.4 is 10.6 Å². The summed E-state index contributed by atoms with van der Waals surface area (Å²) in [6, 6.07) is 2.01. The minimum atomic E-state index is 0.718. The first-order valence-corrected chi connectivity index (χ1v) is 8.59. The van der Waals surface area contributed by atoms with Crippen LogP contribution in [-0.4, -0.2) is 23.1 Å². The van der Waals surface area contributed by atoms with Crippen molar-refractivity contribution in [2.45, 2.75) is 72.1 Å². The molecule has 0 saturated carbocycles. The summed E-state index contributed by atoms with van der Waals surface area (Å²) in [5.74, 6) is 1.65.